The van der Waals surface area contributed by atoms with Crippen LogP contribution in [0.4, 0.5) is 20.2 Å². The van der Waals surface area contributed by atoms with Crippen molar-refractivity contribution in [1.82, 2.24) is 0 Å². The molecule has 0 aliphatic carbocycles. The standard InChI is InChI=1S/C21H13F2NO3S/c22-14-9-13(10-15(23)11-14)21(26)27-12-20(25)24-16-5-1-3-7-18(16)28-19-8-4-2-6-17(19)24/h1-11H,12H2. The zero-order valence-corrected chi connectivity index (χ0v) is 15.2. The molecule has 1 aliphatic rings. The predicted octanol–water partition coefficient (Wildman–Crippen LogP) is 4.95. The van der Waals surface area contributed by atoms with Crippen LogP contribution < -0.4 is 4.90 Å². The molecule has 0 radical (unpaired) electrons. The molecule has 4 nitrogen and oxygen atoms in total. The zero-order chi connectivity index (χ0) is 19.7. The van der Waals surface area contributed by atoms with Gasteiger partial charge in [0.25, 0.3) is 5.91 Å². The van der Waals surface area contributed by atoms with E-state index in [4.69, 9.17) is 4.74 Å². The molecule has 3 aromatic rings. The topological polar surface area (TPSA) is 46.6 Å². The number of carbonyl (C=O) groups excluding carboxylic acids is 2. The maximum Gasteiger partial charge on any atom is 0.338 e. The lowest BCUT2D eigenvalue weighted by Crippen LogP contribution is -2.32. The van der Waals surface area contributed by atoms with Crippen LogP contribution in [0.1, 0.15) is 10.4 Å². The van der Waals surface area contributed by atoms with Crippen LogP contribution in [0, 0.1) is 11.6 Å². The van der Waals surface area contributed by atoms with Gasteiger partial charge >= 0.3 is 5.97 Å². The van der Waals surface area contributed by atoms with Crippen LogP contribution in [0.15, 0.2) is 76.5 Å². The number of carbonyl (C=O) groups is 2. The second-order valence-electron chi connectivity index (χ2n) is 6.00. The van der Waals surface area contributed by atoms with E-state index in [9.17, 15) is 18.4 Å². The predicted molar refractivity (Wildman–Crippen MR) is 101 cm³/mol. The quantitative estimate of drug-likeness (QED) is 0.587. The van der Waals surface area contributed by atoms with Gasteiger partial charge in [-0.25, -0.2) is 13.6 Å². The molecule has 0 saturated carbocycles. The van der Waals surface area contributed by atoms with E-state index in [1.54, 1.807) is 23.9 Å². The summed E-state index contributed by atoms with van der Waals surface area (Å²) in [6, 6.07) is 17.2. The molecule has 0 unspecified atom stereocenters. The van der Waals surface area contributed by atoms with E-state index in [2.05, 4.69) is 0 Å². The summed E-state index contributed by atoms with van der Waals surface area (Å²) in [5, 5.41) is 0. The molecule has 0 N–H and O–H groups in total. The van der Waals surface area contributed by atoms with E-state index in [0.717, 1.165) is 21.9 Å². The van der Waals surface area contributed by atoms with Gasteiger partial charge in [-0.15, -0.1) is 0 Å². The molecule has 7 heteroatoms. The summed E-state index contributed by atoms with van der Waals surface area (Å²) >= 11 is 1.54. The average Bonchev–Trinajstić information content (AvgIpc) is 2.69. The van der Waals surface area contributed by atoms with Crippen molar-refractivity contribution in [3.8, 4) is 0 Å². The molecule has 0 spiro atoms. The molecule has 4 rings (SSSR count). The van der Waals surface area contributed by atoms with Gasteiger partial charge in [-0.1, -0.05) is 36.0 Å². The molecule has 0 bridgehead atoms. The molecule has 1 heterocycles. The average molecular weight is 397 g/mol. The Morgan fingerprint density at radius 1 is 0.857 bits per heavy atom. The molecule has 1 aliphatic heterocycles. The van der Waals surface area contributed by atoms with Crippen LogP contribution in [0.3, 0.4) is 0 Å². The number of halogens is 2. The first-order valence-electron chi connectivity index (χ1n) is 8.35. The Bertz CT molecular complexity index is 1020. The lowest BCUT2D eigenvalue weighted by Gasteiger charge is -2.30. The maximum atomic E-state index is 13.3. The van der Waals surface area contributed by atoms with Crippen molar-refractivity contribution in [2.45, 2.75) is 9.79 Å². The number of ether oxygens (including phenoxy) is 1. The van der Waals surface area contributed by atoms with E-state index < -0.39 is 30.1 Å². The van der Waals surface area contributed by atoms with Crippen LogP contribution >= 0.6 is 11.8 Å². The van der Waals surface area contributed by atoms with Crippen molar-refractivity contribution in [1.29, 1.82) is 0 Å². The van der Waals surface area contributed by atoms with Crippen LogP contribution in [0.2, 0.25) is 0 Å². The van der Waals surface area contributed by atoms with Gasteiger partial charge in [0.05, 0.1) is 16.9 Å². The Morgan fingerprint density at radius 3 is 1.96 bits per heavy atom. The number of nitrogens with zero attached hydrogens (tertiary/aromatic N) is 1. The number of esters is 1. The lowest BCUT2D eigenvalue weighted by atomic mass is 10.2. The normalized spacial score (nSPS) is 12.1. The molecule has 0 fully saturated rings. The molecule has 0 saturated heterocycles. The highest BCUT2D eigenvalue weighted by atomic mass is 32.2. The number of amides is 1. The van der Waals surface area contributed by atoms with Crippen molar-refractivity contribution >= 4 is 35.0 Å². The molecular formula is C21H13F2NO3S. The first-order valence-corrected chi connectivity index (χ1v) is 9.16. The Morgan fingerprint density at radius 2 is 1.39 bits per heavy atom. The number of rotatable bonds is 3. The second kappa shape index (κ2) is 7.44. The van der Waals surface area contributed by atoms with Gasteiger partial charge in [-0.05, 0) is 36.4 Å². The van der Waals surface area contributed by atoms with Gasteiger partial charge in [-0.2, -0.15) is 0 Å². The SMILES string of the molecule is O=C(OCC(=O)N1c2ccccc2Sc2ccccc21)c1cc(F)cc(F)c1. The third-order valence-corrected chi connectivity index (χ3v) is 5.24. The van der Waals surface area contributed by atoms with Crippen LogP contribution in [0.25, 0.3) is 0 Å². The Labute approximate surface area is 163 Å². The number of fused-ring (bicyclic) bond motifs is 2. The van der Waals surface area contributed by atoms with Gasteiger partial charge in [0, 0.05) is 15.9 Å². The minimum absolute atomic E-state index is 0.291. The highest BCUT2D eigenvalue weighted by Crippen LogP contribution is 2.47. The first kappa shape index (κ1) is 18.2. The fourth-order valence-corrected chi connectivity index (χ4v) is 3.98. The van der Waals surface area contributed by atoms with E-state index in [1.165, 1.54) is 4.90 Å². The minimum atomic E-state index is -0.972. The van der Waals surface area contributed by atoms with Gasteiger partial charge in [0.2, 0.25) is 0 Å². The van der Waals surface area contributed by atoms with E-state index in [0.29, 0.717) is 17.4 Å². The maximum absolute atomic E-state index is 13.3. The largest absolute Gasteiger partial charge is 0.452 e. The van der Waals surface area contributed by atoms with E-state index >= 15 is 0 Å². The highest BCUT2D eigenvalue weighted by molar-refractivity contribution is 7.99. The molecule has 3 aromatic carbocycles. The number of hydrogen-bond acceptors (Lipinski definition) is 4. The molecule has 0 aromatic heterocycles. The summed E-state index contributed by atoms with van der Waals surface area (Å²) in [5.74, 6) is -3.23. The summed E-state index contributed by atoms with van der Waals surface area (Å²) < 4.78 is 31.6. The third kappa shape index (κ3) is 3.48. The Balaban J connectivity index is 1.58. The van der Waals surface area contributed by atoms with Crippen molar-refractivity contribution in [3.63, 3.8) is 0 Å². The van der Waals surface area contributed by atoms with Crippen molar-refractivity contribution in [2.75, 3.05) is 11.5 Å². The summed E-state index contributed by atoms with van der Waals surface area (Å²) in [7, 11) is 0. The third-order valence-electron chi connectivity index (χ3n) is 4.11. The van der Waals surface area contributed by atoms with Crippen LogP contribution in [-0.2, 0) is 9.53 Å². The van der Waals surface area contributed by atoms with Crippen molar-refractivity contribution in [2.24, 2.45) is 0 Å². The van der Waals surface area contributed by atoms with Crippen molar-refractivity contribution < 1.29 is 23.1 Å². The molecule has 140 valence electrons. The lowest BCUT2D eigenvalue weighted by molar-refractivity contribution is -0.121. The minimum Gasteiger partial charge on any atom is -0.452 e. The summed E-state index contributed by atoms with van der Waals surface area (Å²) in [5.41, 5.74) is 1.08. The molecule has 1 amide bonds. The number of para-hydroxylation sites is 2. The fraction of sp³-hybridized carbons (Fsp3) is 0.0476. The number of anilines is 2. The molecule has 28 heavy (non-hydrogen) atoms. The summed E-state index contributed by atoms with van der Waals surface area (Å²) in [6.45, 7) is -0.565. The number of hydrogen-bond donors (Lipinski definition) is 0. The summed E-state index contributed by atoms with van der Waals surface area (Å²) in [6.07, 6.45) is 0. The van der Waals surface area contributed by atoms with Crippen LogP contribution in [-0.4, -0.2) is 18.5 Å². The fourth-order valence-electron chi connectivity index (χ4n) is 2.92. The van der Waals surface area contributed by atoms with Gasteiger partial charge in [-0.3, -0.25) is 9.69 Å². The van der Waals surface area contributed by atoms with Gasteiger partial charge < -0.3 is 4.74 Å². The van der Waals surface area contributed by atoms with Crippen molar-refractivity contribution in [3.05, 3.63) is 83.9 Å². The Kier molecular flexibility index (Phi) is 4.83. The Hall–Kier alpha value is -3.19. The smallest absolute Gasteiger partial charge is 0.338 e. The summed E-state index contributed by atoms with van der Waals surface area (Å²) in [4.78, 5) is 28.3. The molecular weight excluding hydrogens is 384 g/mol. The van der Waals surface area contributed by atoms with Gasteiger partial charge in [0.15, 0.2) is 6.61 Å². The number of benzene rings is 3. The highest BCUT2D eigenvalue weighted by Gasteiger charge is 2.28. The van der Waals surface area contributed by atoms with Crippen LogP contribution in [0.5, 0.6) is 0 Å². The monoisotopic (exact) mass is 397 g/mol. The van der Waals surface area contributed by atoms with E-state index in [-0.39, 0.29) is 5.56 Å². The van der Waals surface area contributed by atoms with E-state index in [1.807, 2.05) is 36.4 Å². The first-order chi connectivity index (χ1) is 13.5. The second-order valence-corrected chi connectivity index (χ2v) is 7.08. The zero-order valence-electron chi connectivity index (χ0n) is 14.4. The molecule has 0 atom stereocenters. The van der Waals surface area contributed by atoms with Gasteiger partial charge in [0.1, 0.15) is 11.6 Å².